The molecule has 1 amide bonds. The molecule has 1 aliphatic rings. The maximum absolute atomic E-state index is 12.3. The molecule has 2 aromatic rings. The van der Waals surface area contributed by atoms with E-state index in [4.69, 9.17) is 22.4 Å². The highest BCUT2D eigenvalue weighted by Crippen LogP contribution is 2.43. The van der Waals surface area contributed by atoms with Crippen molar-refractivity contribution in [1.82, 2.24) is 10.3 Å². The lowest BCUT2D eigenvalue weighted by Gasteiger charge is -2.34. The number of aliphatic carboxylic acids is 1. The van der Waals surface area contributed by atoms with E-state index in [1.807, 2.05) is 30.0 Å². The van der Waals surface area contributed by atoms with Crippen LogP contribution in [0, 0.1) is 17.9 Å². The zero-order chi connectivity index (χ0) is 24.7. The molecule has 3 rings (SSSR count). The van der Waals surface area contributed by atoms with Crippen LogP contribution < -0.4 is 16.0 Å². The molecule has 1 fully saturated rings. The lowest BCUT2D eigenvalue weighted by molar-refractivity contribution is -0.136. The van der Waals surface area contributed by atoms with Crippen molar-refractivity contribution in [2.24, 2.45) is 5.73 Å². The minimum atomic E-state index is -0.900. The Labute approximate surface area is 202 Å². The number of carboxylic acids is 1. The van der Waals surface area contributed by atoms with Crippen LogP contribution in [0.15, 0.2) is 35.4 Å². The number of carbonyl (C=O) groups excluding carboxylic acids is 1. The Kier molecular flexibility index (Phi) is 8.47. The van der Waals surface area contributed by atoms with Crippen LogP contribution in [0.4, 0.5) is 11.5 Å². The molecule has 2 heterocycles. The highest BCUT2D eigenvalue weighted by atomic mass is 32.2. The molecule has 1 aliphatic heterocycles. The summed E-state index contributed by atoms with van der Waals surface area (Å²) >= 11 is 1.12. The molecule has 0 radical (unpaired) electrons. The molecule has 1 unspecified atom stereocenters. The number of amides is 1. The Bertz CT molecular complexity index is 1130. The third-order valence-corrected chi connectivity index (χ3v) is 6.98. The SMILES string of the molecule is [C-]#[N+]c1c(N2CCC(NCC(=O)O)CC2)nc(SC(C(N)=O)c2ccccc2)c(C#N)c1CC. The Morgan fingerprint density at radius 3 is 2.59 bits per heavy atom. The van der Waals surface area contributed by atoms with Crippen LogP contribution in [-0.2, 0) is 16.0 Å². The van der Waals surface area contributed by atoms with Crippen LogP contribution in [-0.4, -0.2) is 47.6 Å². The molecule has 1 saturated heterocycles. The van der Waals surface area contributed by atoms with Crippen molar-refractivity contribution in [1.29, 1.82) is 5.26 Å². The van der Waals surface area contributed by atoms with Gasteiger partial charge in [0, 0.05) is 19.1 Å². The normalized spacial score (nSPS) is 14.7. The van der Waals surface area contributed by atoms with Crippen molar-refractivity contribution in [3.05, 3.63) is 58.4 Å². The molecule has 10 heteroatoms. The van der Waals surface area contributed by atoms with Gasteiger partial charge in [0.1, 0.15) is 22.2 Å². The number of hydrogen-bond acceptors (Lipinski definition) is 7. The van der Waals surface area contributed by atoms with Crippen LogP contribution in [0.25, 0.3) is 4.85 Å². The molecule has 1 atom stereocenters. The van der Waals surface area contributed by atoms with Gasteiger partial charge in [-0.15, -0.1) is 0 Å². The van der Waals surface area contributed by atoms with Crippen LogP contribution in [0.5, 0.6) is 0 Å². The predicted octanol–water partition coefficient (Wildman–Crippen LogP) is 3.03. The first kappa shape index (κ1) is 25.0. The number of nitrogens with one attached hydrogen (secondary N) is 1. The molecule has 1 aromatic heterocycles. The average molecular weight is 479 g/mol. The molecule has 0 spiro atoms. The second-order valence-electron chi connectivity index (χ2n) is 7.87. The van der Waals surface area contributed by atoms with Crippen molar-refractivity contribution in [2.45, 2.75) is 42.5 Å². The van der Waals surface area contributed by atoms with Gasteiger partial charge in [0.2, 0.25) is 11.6 Å². The number of piperidine rings is 1. The zero-order valence-corrected chi connectivity index (χ0v) is 19.6. The van der Waals surface area contributed by atoms with E-state index < -0.39 is 17.1 Å². The van der Waals surface area contributed by atoms with Gasteiger partial charge in [-0.1, -0.05) is 49.0 Å². The van der Waals surface area contributed by atoms with Gasteiger partial charge in [0.05, 0.1) is 18.7 Å². The summed E-state index contributed by atoms with van der Waals surface area (Å²) in [5.74, 6) is -0.953. The van der Waals surface area contributed by atoms with Gasteiger partial charge >= 0.3 is 5.97 Å². The van der Waals surface area contributed by atoms with Crippen LogP contribution in [0.1, 0.15) is 41.7 Å². The van der Waals surface area contributed by atoms with Crippen molar-refractivity contribution in [3.8, 4) is 6.07 Å². The molecule has 4 N–H and O–H groups in total. The number of carboxylic acid groups (broad SMARTS) is 1. The lowest BCUT2D eigenvalue weighted by Crippen LogP contribution is -2.44. The van der Waals surface area contributed by atoms with E-state index in [1.54, 1.807) is 12.1 Å². The number of pyridine rings is 1. The zero-order valence-electron chi connectivity index (χ0n) is 18.8. The quantitative estimate of drug-likeness (QED) is 0.369. The van der Waals surface area contributed by atoms with E-state index in [-0.39, 0.29) is 12.6 Å². The number of anilines is 1. The Balaban J connectivity index is 1.98. The fourth-order valence-corrected chi connectivity index (χ4v) is 5.09. The topological polar surface area (TPSA) is 137 Å². The Hall–Kier alpha value is -3.60. The number of nitrogens with zero attached hydrogens (tertiary/aromatic N) is 4. The summed E-state index contributed by atoms with van der Waals surface area (Å²) in [5.41, 5.74) is 7.66. The average Bonchev–Trinajstić information content (AvgIpc) is 2.85. The maximum Gasteiger partial charge on any atom is 0.317 e. The van der Waals surface area contributed by atoms with E-state index in [2.05, 4.69) is 16.2 Å². The number of carbonyl (C=O) groups is 2. The Morgan fingerprint density at radius 2 is 2.06 bits per heavy atom. The summed E-state index contributed by atoms with van der Waals surface area (Å²) in [7, 11) is 0. The molecular formula is C24H26N6O3S. The fourth-order valence-electron chi connectivity index (χ4n) is 4.03. The largest absolute Gasteiger partial charge is 0.480 e. The number of thioether (sulfide) groups is 1. The number of primary amides is 1. The van der Waals surface area contributed by atoms with Gasteiger partial charge in [0.15, 0.2) is 0 Å². The molecule has 176 valence electrons. The molecule has 9 nitrogen and oxygen atoms in total. The number of aromatic nitrogens is 1. The summed E-state index contributed by atoms with van der Waals surface area (Å²) in [6.07, 6.45) is 1.86. The van der Waals surface area contributed by atoms with Gasteiger partial charge < -0.3 is 21.1 Å². The summed E-state index contributed by atoms with van der Waals surface area (Å²) in [4.78, 5) is 33.6. The van der Waals surface area contributed by atoms with E-state index in [0.29, 0.717) is 65.6 Å². The first-order chi connectivity index (χ1) is 16.4. The van der Waals surface area contributed by atoms with Crippen LogP contribution >= 0.6 is 11.8 Å². The van der Waals surface area contributed by atoms with Crippen LogP contribution in [0.2, 0.25) is 0 Å². The van der Waals surface area contributed by atoms with E-state index in [0.717, 1.165) is 11.8 Å². The second-order valence-corrected chi connectivity index (χ2v) is 8.96. The molecule has 0 aliphatic carbocycles. The van der Waals surface area contributed by atoms with Gasteiger partial charge in [0.25, 0.3) is 0 Å². The van der Waals surface area contributed by atoms with Gasteiger partial charge in [-0.2, -0.15) is 5.26 Å². The second kappa shape index (κ2) is 11.5. The maximum atomic E-state index is 12.3. The summed E-state index contributed by atoms with van der Waals surface area (Å²) in [6.45, 7) is 10.7. The summed E-state index contributed by atoms with van der Waals surface area (Å²) in [6, 6.07) is 11.3. The highest BCUT2D eigenvalue weighted by Gasteiger charge is 2.29. The first-order valence-electron chi connectivity index (χ1n) is 10.9. The molecule has 1 aromatic carbocycles. The number of nitriles is 1. The summed E-state index contributed by atoms with van der Waals surface area (Å²) in [5, 5.41) is 21.5. The van der Waals surface area contributed by atoms with Crippen LogP contribution in [0.3, 0.4) is 0 Å². The summed E-state index contributed by atoms with van der Waals surface area (Å²) < 4.78 is 0. The van der Waals surface area contributed by atoms with Gasteiger partial charge in [-0.3, -0.25) is 9.59 Å². The lowest BCUT2D eigenvalue weighted by atomic mass is 10.0. The minimum Gasteiger partial charge on any atom is -0.480 e. The van der Waals surface area contributed by atoms with Crippen molar-refractivity contribution >= 4 is 35.1 Å². The van der Waals surface area contributed by atoms with Crippen molar-refractivity contribution in [3.63, 3.8) is 0 Å². The first-order valence-corrected chi connectivity index (χ1v) is 11.8. The van der Waals surface area contributed by atoms with E-state index >= 15 is 0 Å². The highest BCUT2D eigenvalue weighted by molar-refractivity contribution is 8.00. The van der Waals surface area contributed by atoms with E-state index in [1.165, 1.54) is 0 Å². The Morgan fingerprint density at radius 1 is 1.38 bits per heavy atom. The number of rotatable bonds is 9. The fraction of sp³-hybridized carbons (Fsp3) is 0.375. The molecule has 0 saturated carbocycles. The predicted molar refractivity (Wildman–Crippen MR) is 130 cm³/mol. The van der Waals surface area contributed by atoms with Crippen molar-refractivity contribution < 1.29 is 14.7 Å². The smallest absolute Gasteiger partial charge is 0.317 e. The monoisotopic (exact) mass is 478 g/mol. The number of hydrogen-bond donors (Lipinski definition) is 3. The molecular weight excluding hydrogens is 452 g/mol. The van der Waals surface area contributed by atoms with Crippen molar-refractivity contribution in [2.75, 3.05) is 24.5 Å². The third kappa shape index (κ3) is 5.66. The minimum absolute atomic E-state index is 0.0685. The van der Waals surface area contributed by atoms with Gasteiger partial charge in [-0.25, -0.2) is 9.83 Å². The van der Waals surface area contributed by atoms with E-state index in [9.17, 15) is 14.9 Å². The standard InChI is InChI=1S/C24H26N6O3S/c1-3-17-18(13-25)24(34-21(22(26)33)15-7-5-4-6-8-15)29-23(20(17)27-2)30-11-9-16(10-12-30)28-14-19(31)32/h4-8,16,21,28H,3,9-12,14H2,1H3,(H2,26,33)(H,31,32). The third-order valence-electron chi connectivity index (χ3n) is 5.72. The van der Waals surface area contributed by atoms with Gasteiger partial charge in [-0.05, 0) is 30.4 Å². The number of benzene rings is 1. The number of nitrogens with two attached hydrogens (primary N) is 1. The molecule has 0 bridgehead atoms. The molecule has 34 heavy (non-hydrogen) atoms.